The first kappa shape index (κ1) is 15.3. The molecule has 0 bridgehead atoms. The summed E-state index contributed by atoms with van der Waals surface area (Å²) in [5.74, 6) is -0.0366. The Morgan fingerprint density at radius 1 is 1.55 bits per heavy atom. The Morgan fingerprint density at radius 3 is 2.95 bits per heavy atom. The molecule has 3 N–H and O–H groups in total. The molecular formula is C14H20BrN3O2. The van der Waals surface area contributed by atoms with Gasteiger partial charge in [-0.3, -0.25) is 9.69 Å². The van der Waals surface area contributed by atoms with Crippen LogP contribution >= 0.6 is 15.9 Å². The summed E-state index contributed by atoms with van der Waals surface area (Å²) in [5.41, 5.74) is 6.95. The fourth-order valence-corrected chi connectivity index (χ4v) is 2.68. The van der Waals surface area contributed by atoms with Gasteiger partial charge in [0.25, 0.3) is 0 Å². The number of ether oxygens (including phenoxy) is 1. The van der Waals surface area contributed by atoms with Crippen LogP contribution in [0.1, 0.15) is 13.8 Å². The number of hydrogen-bond donors (Lipinski definition) is 2. The maximum atomic E-state index is 12.2. The third-order valence-corrected chi connectivity index (χ3v) is 4.07. The van der Waals surface area contributed by atoms with E-state index in [0.717, 1.165) is 16.7 Å². The minimum Gasteiger partial charge on any atom is -0.399 e. The van der Waals surface area contributed by atoms with E-state index in [0.29, 0.717) is 25.4 Å². The molecule has 0 saturated carbocycles. The predicted molar refractivity (Wildman–Crippen MR) is 83.7 cm³/mol. The van der Waals surface area contributed by atoms with Crippen molar-refractivity contribution in [2.45, 2.75) is 19.4 Å². The van der Waals surface area contributed by atoms with Gasteiger partial charge in [0.2, 0.25) is 5.91 Å². The van der Waals surface area contributed by atoms with E-state index >= 15 is 0 Å². The van der Waals surface area contributed by atoms with E-state index in [1.165, 1.54) is 0 Å². The maximum Gasteiger partial charge on any atom is 0.238 e. The summed E-state index contributed by atoms with van der Waals surface area (Å²) >= 11 is 3.39. The molecule has 110 valence electrons. The van der Waals surface area contributed by atoms with E-state index in [4.69, 9.17) is 10.5 Å². The Labute approximate surface area is 127 Å². The highest BCUT2D eigenvalue weighted by Crippen LogP contribution is 2.25. The molecule has 0 unspecified atom stereocenters. The molecule has 1 amide bonds. The Morgan fingerprint density at radius 2 is 2.30 bits per heavy atom. The van der Waals surface area contributed by atoms with E-state index in [1.807, 2.05) is 0 Å². The van der Waals surface area contributed by atoms with Gasteiger partial charge in [-0.25, -0.2) is 0 Å². The van der Waals surface area contributed by atoms with Crippen molar-refractivity contribution in [1.82, 2.24) is 4.90 Å². The van der Waals surface area contributed by atoms with Gasteiger partial charge in [0.1, 0.15) is 0 Å². The Balaban J connectivity index is 1.98. The molecular weight excluding hydrogens is 322 g/mol. The monoisotopic (exact) mass is 341 g/mol. The van der Waals surface area contributed by atoms with Crippen LogP contribution in [0.15, 0.2) is 22.7 Å². The van der Waals surface area contributed by atoms with Gasteiger partial charge in [-0.05, 0) is 48.0 Å². The minimum absolute atomic E-state index is 0.0366. The average Bonchev–Trinajstić information content (AvgIpc) is 2.35. The molecule has 2 rings (SSSR count). The number of carbonyl (C=O) groups is 1. The lowest BCUT2D eigenvalue weighted by Gasteiger charge is -2.41. The van der Waals surface area contributed by atoms with Gasteiger partial charge >= 0.3 is 0 Å². The lowest BCUT2D eigenvalue weighted by Crippen LogP contribution is -2.55. The fraction of sp³-hybridized carbons (Fsp3) is 0.500. The molecule has 1 aliphatic rings. The lowest BCUT2D eigenvalue weighted by atomic mass is 10.0. The normalized spacial score (nSPS) is 18.8. The second kappa shape index (κ2) is 6.11. The highest BCUT2D eigenvalue weighted by atomic mass is 79.9. The van der Waals surface area contributed by atoms with Crippen LogP contribution in [0.25, 0.3) is 0 Å². The molecule has 1 aliphatic heterocycles. The molecule has 1 fully saturated rings. The van der Waals surface area contributed by atoms with Gasteiger partial charge in [-0.1, -0.05) is 0 Å². The van der Waals surface area contributed by atoms with Gasteiger partial charge in [0.15, 0.2) is 0 Å². The van der Waals surface area contributed by atoms with E-state index < -0.39 is 0 Å². The van der Waals surface area contributed by atoms with Crippen LogP contribution in [-0.2, 0) is 9.53 Å². The second-order valence-corrected chi connectivity index (χ2v) is 6.43. The van der Waals surface area contributed by atoms with Crippen LogP contribution in [0.5, 0.6) is 0 Å². The standard InChI is InChI=1S/C14H20BrN3O2/c1-14(2)9-20-6-5-18(14)8-13(19)17-12-4-3-10(16)7-11(12)15/h3-4,7H,5-6,8-9,16H2,1-2H3,(H,17,19). The number of carbonyl (C=O) groups excluding carboxylic acids is 1. The smallest absolute Gasteiger partial charge is 0.238 e. The number of halogens is 1. The molecule has 1 saturated heterocycles. The fourth-order valence-electron chi connectivity index (χ4n) is 2.18. The van der Waals surface area contributed by atoms with Gasteiger partial charge in [-0.15, -0.1) is 0 Å². The summed E-state index contributed by atoms with van der Waals surface area (Å²) < 4.78 is 6.24. The SMILES string of the molecule is CC1(C)COCCN1CC(=O)Nc1ccc(N)cc1Br. The van der Waals surface area contributed by atoms with Crippen molar-refractivity contribution < 1.29 is 9.53 Å². The van der Waals surface area contributed by atoms with Crippen molar-refractivity contribution in [2.24, 2.45) is 0 Å². The maximum absolute atomic E-state index is 12.2. The van der Waals surface area contributed by atoms with Crippen LogP contribution in [0, 0.1) is 0 Å². The van der Waals surface area contributed by atoms with Crippen LogP contribution in [0.4, 0.5) is 11.4 Å². The third-order valence-electron chi connectivity index (χ3n) is 3.42. The summed E-state index contributed by atoms with van der Waals surface area (Å²) in [7, 11) is 0. The number of nitrogens with one attached hydrogen (secondary N) is 1. The summed E-state index contributed by atoms with van der Waals surface area (Å²) in [6.07, 6.45) is 0. The van der Waals surface area contributed by atoms with Crippen molar-refractivity contribution in [3.8, 4) is 0 Å². The third kappa shape index (κ3) is 3.71. The molecule has 0 radical (unpaired) electrons. The number of nitrogens with two attached hydrogens (primary N) is 1. The van der Waals surface area contributed by atoms with Crippen molar-refractivity contribution in [1.29, 1.82) is 0 Å². The van der Waals surface area contributed by atoms with Gasteiger partial charge in [0.05, 0.1) is 25.4 Å². The Hall–Kier alpha value is -1.11. The zero-order chi connectivity index (χ0) is 14.8. The number of anilines is 2. The largest absolute Gasteiger partial charge is 0.399 e. The second-order valence-electron chi connectivity index (χ2n) is 5.57. The van der Waals surface area contributed by atoms with Crippen LogP contribution in [-0.4, -0.2) is 42.6 Å². The molecule has 0 atom stereocenters. The quantitative estimate of drug-likeness (QED) is 0.826. The molecule has 1 heterocycles. The number of benzene rings is 1. The Kier molecular flexibility index (Phi) is 4.67. The van der Waals surface area contributed by atoms with E-state index in [2.05, 4.69) is 40.0 Å². The molecule has 20 heavy (non-hydrogen) atoms. The Bertz CT molecular complexity index is 505. The summed E-state index contributed by atoms with van der Waals surface area (Å²) in [5, 5.41) is 2.90. The average molecular weight is 342 g/mol. The zero-order valence-electron chi connectivity index (χ0n) is 11.8. The molecule has 5 nitrogen and oxygen atoms in total. The van der Waals surface area contributed by atoms with Crippen LogP contribution in [0.3, 0.4) is 0 Å². The molecule has 0 aliphatic carbocycles. The van der Waals surface area contributed by atoms with E-state index in [9.17, 15) is 4.79 Å². The molecule has 1 aromatic carbocycles. The lowest BCUT2D eigenvalue weighted by molar-refractivity contribution is -0.122. The van der Waals surface area contributed by atoms with Gasteiger partial charge < -0.3 is 15.8 Å². The van der Waals surface area contributed by atoms with E-state index in [-0.39, 0.29) is 11.4 Å². The molecule has 1 aromatic rings. The van der Waals surface area contributed by atoms with Crippen LogP contribution in [0.2, 0.25) is 0 Å². The molecule has 0 spiro atoms. The summed E-state index contributed by atoms with van der Waals surface area (Å²) in [6.45, 7) is 6.60. The highest BCUT2D eigenvalue weighted by Gasteiger charge is 2.31. The topological polar surface area (TPSA) is 67.6 Å². The highest BCUT2D eigenvalue weighted by molar-refractivity contribution is 9.10. The predicted octanol–water partition coefficient (Wildman–Crippen LogP) is 2.08. The number of hydrogen-bond acceptors (Lipinski definition) is 4. The first-order valence-corrected chi connectivity index (χ1v) is 7.35. The van der Waals surface area contributed by atoms with Crippen molar-refractivity contribution in [2.75, 3.05) is 37.4 Å². The zero-order valence-corrected chi connectivity index (χ0v) is 13.4. The first-order valence-electron chi connectivity index (χ1n) is 6.56. The molecule has 0 aromatic heterocycles. The summed E-state index contributed by atoms with van der Waals surface area (Å²) in [6, 6.07) is 5.33. The van der Waals surface area contributed by atoms with Crippen LogP contribution < -0.4 is 11.1 Å². The first-order chi connectivity index (χ1) is 9.38. The van der Waals surface area contributed by atoms with Crippen molar-refractivity contribution in [3.63, 3.8) is 0 Å². The molecule has 6 heteroatoms. The number of nitrogen functional groups attached to an aromatic ring is 1. The number of amides is 1. The summed E-state index contributed by atoms with van der Waals surface area (Å²) in [4.78, 5) is 14.3. The number of nitrogens with zero attached hydrogens (tertiary/aromatic N) is 1. The van der Waals surface area contributed by atoms with Gasteiger partial charge in [-0.2, -0.15) is 0 Å². The number of rotatable bonds is 3. The van der Waals surface area contributed by atoms with E-state index in [1.54, 1.807) is 18.2 Å². The van der Waals surface area contributed by atoms with Crippen molar-refractivity contribution in [3.05, 3.63) is 22.7 Å². The number of morpholine rings is 1. The minimum atomic E-state index is -0.117. The van der Waals surface area contributed by atoms with Gasteiger partial charge in [0, 0.05) is 22.2 Å². The van der Waals surface area contributed by atoms with Crippen molar-refractivity contribution >= 4 is 33.2 Å².